The third-order valence-corrected chi connectivity index (χ3v) is 5.53. The summed E-state index contributed by atoms with van der Waals surface area (Å²) in [5.41, 5.74) is 1.33. The molecular weight excluding hydrogens is 320 g/mol. The molecule has 2 heterocycles. The Balaban J connectivity index is 1.79. The lowest BCUT2D eigenvalue weighted by Crippen LogP contribution is -2.42. The van der Waals surface area contributed by atoms with Crippen LogP contribution >= 0.6 is 0 Å². The summed E-state index contributed by atoms with van der Waals surface area (Å²) in [4.78, 5) is 39.6. The molecule has 1 fully saturated rings. The van der Waals surface area contributed by atoms with Crippen LogP contribution in [0.25, 0.3) is 0 Å². The fourth-order valence-electron chi connectivity index (χ4n) is 3.89. The molecular formula is C19H24N2O4. The molecule has 0 saturated carbocycles. The molecule has 1 aromatic rings. The van der Waals surface area contributed by atoms with Crippen LogP contribution in [0.1, 0.15) is 43.9 Å². The van der Waals surface area contributed by atoms with E-state index in [1.54, 1.807) is 16.7 Å². The number of aliphatic carboxylic acids is 1. The van der Waals surface area contributed by atoms with E-state index in [1.165, 1.54) is 12.5 Å². The molecule has 25 heavy (non-hydrogen) atoms. The summed E-state index contributed by atoms with van der Waals surface area (Å²) in [6.45, 7) is 4.51. The molecule has 3 rings (SSSR count). The maximum Gasteiger partial charge on any atom is 0.311 e. The van der Waals surface area contributed by atoms with Crippen LogP contribution in [0.2, 0.25) is 0 Å². The number of carboxylic acid groups (broad SMARTS) is 1. The topological polar surface area (TPSA) is 77.9 Å². The third-order valence-electron chi connectivity index (χ3n) is 5.53. The maximum absolute atomic E-state index is 12.8. The number of likely N-dealkylation sites (tertiary alicyclic amines) is 1. The van der Waals surface area contributed by atoms with Gasteiger partial charge < -0.3 is 14.9 Å². The highest BCUT2D eigenvalue weighted by atomic mass is 16.4. The summed E-state index contributed by atoms with van der Waals surface area (Å²) in [5.74, 6) is -0.988. The fourth-order valence-corrected chi connectivity index (χ4v) is 3.89. The van der Waals surface area contributed by atoms with Crippen LogP contribution in [0.5, 0.6) is 0 Å². The normalized spacial score (nSPS) is 25.6. The molecule has 134 valence electrons. The highest BCUT2D eigenvalue weighted by Gasteiger charge is 2.43. The van der Waals surface area contributed by atoms with Gasteiger partial charge in [0.25, 0.3) is 0 Å². The third kappa shape index (κ3) is 3.25. The molecule has 0 aromatic heterocycles. The van der Waals surface area contributed by atoms with Crippen LogP contribution in [-0.2, 0) is 20.8 Å². The average Bonchev–Trinajstić information content (AvgIpc) is 2.99. The summed E-state index contributed by atoms with van der Waals surface area (Å²) >= 11 is 0. The van der Waals surface area contributed by atoms with Gasteiger partial charge in [-0.3, -0.25) is 14.4 Å². The van der Waals surface area contributed by atoms with Gasteiger partial charge in [-0.05, 0) is 30.9 Å². The summed E-state index contributed by atoms with van der Waals surface area (Å²) in [7, 11) is 0. The minimum atomic E-state index is -0.875. The summed E-state index contributed by atoms with van der Waals surface area (Å²) in [5, 5.41) is 9.35. The molecule has 2 amide bonds. The van der Waals surface area contributed by atoms with Crippen molar-refractivity contribution in [1.29, 1.82) is 0 Å². The molecule has 6 heteroatoms. The Labute approximate surface area is 147 Å². The smallest absolute Gasteiger partial charge is 0.311 e. The van der Waals surface area contributed by atoms with Crippen LogP contribution in [-0.4, -0.2) is 52.3 Å². The zero-order valence-electron chi connectivity index (χ0n) is 14.7. The number of nitrogens with zero attached hydrogens (tertiary/aromatic N) is 2. The zero-order valence-corrected chi connectivity index (χ0v) is 14.7. The van der Waals surface area contributed by atoms with Crippen LogP contribution in [0.4, 0.5) is 0 Å². The lowest BCUT2D eigenvalue weighted by Gasteiger charge is -2.37. The molecule has 1 aromatic carbocycles. The van der Waals surface area contributed by atoms with E-state index in [2.05, 4.69) is 0 Å². The van der Waals surface area contributed by atoms with Crippen molar-refractivity contribution < 1.29 is 19.5 Å². The van der Waals surface area contributed by atoms with Gasteiger partial charge in [-0.1, -0.05) is 24.3 Å². The number of carbonyl (C=O) groups excluding carboxylic acids is 2. The fraction of sp³-hybridized carbons (Fsp3) is 0.526. The Hall–Kier alpha value is -2.37. The summed E-state index contributed by atoms with van der Waals surface area (Å²) in [6, 6.07) is 7.65. The molecule has 1 N–H and O–H groups in total. The quantitative estimate of drug-likeness (QED) is 0.908. The maximum atomic E-state index is 12.8. The molecule has 0 bridgehead atoms. The van der Waals surface area contributed by atoms with E-state index in [0.717, 1.165) is 12.0 Å². The lowest BCUT2D eigenvalue weighted by atomic mass is 9.89. The highest BCUT2D eigenvalue weighted by Crippen LogP contribution is 2.35. The first-order valence-corrected chi connectivity index (χ1v) is 8.68. The number of amides is 2. The monoisotopic (exact) mass is 344 g/mol. The predicted octanol–water partition coefficient (Wildman–Crippen LogP) is 1.85. The second-order valence-corrected chi connectivity index (χ2v) is 7.31. The van der Waals surface area contributed by atoms with Gasteiger partial charge in [-0.15, -0.1) is 0 Å². The summed E-state index contributed by atoms with van der Waals surface area (Å²) in [6.07, 6.45) is 1.46. The van der Waals surface area contributed by atoms with Gasteiger partial charge in [0.05, 0.1) is 17.9 Å². The van der Waals surface area contributed by atoms with Gasteiger partial charge in [-0.25, -0.2) is 0 Å². The Morgan fingerprint density at radius 2 is 1.96 bits per heavy atom. The van der Waals surface area contributed by atoms with E-state index in [0.29, 0.717) is 19.5 Å². The number of hydrogen-bond donors (Lipinski definition) is 1. The van der Waals surface area contributed by atoms with Crippen LogP contribution in [0.15, 0.2) is 24.3 Å². The van der Waals surface area contributed by atoms with Crippen LogP contribution < -0.4 is 0 Å². The Morgan fingerprint density at radius 1 is 1.24 bits per heavy atom. The van der Waals surface area contributed by atoms with Crippen LogP contribution in [0.3, 0.4) is 0 Å². The number of hydrogen-bond acceptors (Lipinski definition) is 3. The van der Waals surface area contributed by atoms with E-state index in [1.807, 2.05) is 24.3 Å². The van der Waals surface area contributed by atoms with Crippen molar-refractivity contribution in [2.75, 3.05) is 19.6 Å². The number of fused-ring (bicyclic) bond motifs is 1. The predicted molar refractivity (Wildman–Crippen MR) is 91.8 cm³/mol. The SMILES string of the molecule is CC(=O)N1CCc2ccccc2C1CC(=O)N1CCC(C)(C(=O)O)C1. The Kier molecular flexibility index (Phi) is 4.54. The molecule has 0 radical (unpaired) electrons. The van der Waals surface area contributed by atoms with Crippen molar-refractivity contribution in [3.63, 3.8) is 0 Å². The molecule has 0 aliphatic carbocycles. The lowest BCUT2D eigenvalue weighted by molar-refractivity contribution is -0.147. The van der Waals surface area contributed by atoms with Crippen molar-refractivity contribution in [1.82, 2.24) is 9.80 Å². The first-order valence-electron chi connectivity index (χ1n) is 8.68. The van der Waals surface area contributed by atoms with Crippen molar-refractivity contribution >= 4 is 17.8 Å². The number of carboxylic acids is 1. The molecule has 2 aliphatic rings. The number of benzene rings is 1. The van der Waals surface area contributed by atoms with Crippen molar-refractivity contribution in [2.45, 2.75) is 39.2 Å². The van der Waals surface area contributed by atoms with E-state index < -0.39 is 11.4 Å². The largest absolute Gasteiger partial charge is 0.481 e. The number of rotatable bonds is 3. The molecule has 1 saturated heterocycles. The molecule has 0 spiro atoms. The van der Waals surface area contributed by atoms with Gasteiger partial charge in [0.2, 0.25) is 11.8 Å². The number of carbonyl (C=O) groups is 3. The van der Waals surface area contributed by atoms with Gasteiger partial charge >= 0.3 is 5.97 Å². The van der Waals surface area contributed by atoms with Gasteiger partial charge in [-0.2, -0.15) is 0 Å². The first kappa shape index (κ1) is 17.5. The van der Waals surface area contributed by atoms with Crippen molar-refractivity contribution in [3.8, 4) is 0 Å². The highest BCUT2D eigenvalue weighted by molar-refractivity contribution is 5.82. The van der Waals surface area contributed by atoms with E-state index in [4.69, 9.17) is 0 Å². The first-order chi connectivity index (χ1) is 11.8. The molecule has 6 nitrogen and oxygen atoms in total. The Bertz CT molecular complexity index is 717. The summed E-state index contributed by atoms with van der Waals surface area (Å²) < 4.78 is 0. The zero-order chi connectivity index (χ0) is 18.2. The molecule has 2 unspecified atom stereocenters. The van der Waals surface area contributed by atoms with E-state index >= 15 is 0 Å². The van der Waals surface area contributed by atoms with Crippen LogP contribution in [0, 0.1) is 5.41 Å². The molecule has 2 atom stereocenters. The minimum absolute atomic E-state index is 0.0379. The molecule has 2 aliphatic heterocycles. The Morgan fingerprint density at radius 3 is 2.60 bits per heavy atom. The minimum Gasteiger partial charge on any atom is -0.481 e. The van der Waals surface area contributed by atoms with Gasteiger partial charge in [0.15, 0.2) is 0 Å². The van der Waals surface area contributed by atoms with Gasteiger partial charge in [0.1, 0.15) is 0 Å². The average molecular weight is 344 g/mol. The van der Waals surface area contributed by atoms with Crippen molar-refractivity contribution in [3.05, 3.63) is 35.4 Å². The van der Waals surface area contributed by atoms with E-state index in [9.17, 15) is 19.5 Å². The second kappa shape index (κ2) is 6.50. The second-order valence-electron chi connectivity index (χ2n) is 7.31. The standard InChI is InChI=1S/C19H24N2O4/c1-13(22)21-9-7-14-5-3-4-6-15(14)16(21)11-17(23)20-10-8-19(2,12-20)18(24)25/h3-6,16H,7-12H2,1-2H3,(H,24,25). The van der Waals surface area contributed by atoms with E-state index in [-0.39, 0.29) is 30.8 Å². The van der Waals surface area contributed by atoms with Gasteiger partial charge in [0, 0.05) is 26.6 Å². The van der Waals surface area contributed by atoms with Crippen molar-refractivity contribution in [2.24, 2.45) is 5.41 Å².